The van der Waals surface area contributed by atoms with Crippen molar-refractivity contribution in [3.05, 3.63) is 65.3 Å². The van der Waals surface area contributed by atoms with Gasteiger partial charge in [-0.15, -0.1) is 6.58 Å². The van der Waals surface area contributed by atoms with Gasteiger partial charge in [0, 0.05) is 17.4 Å². The Labute approximate surface area is 191 Å². The van der Waals surface area contributed by atoms with Crippen LogP contribution in [0.5, 0.6) is 5.75 Å². The molecular weight excluding hydrogens is 400 g/mol. The van der Waals surface area contributed by atoms with Crippen molar-refractivity contribution < 1.29 is 19.4 Å². The molecule has 4 aliphatic rings. The summed E-state index contributed by atoms with van der Waals surface area (Å²) < 4.78 is 11.8. The van der Waals surface area contributed by atoms with Crippen molar-refractivity contribution in [2.24, 2.45) is 17.3 Å². The van der Waals surface area contributed by atoms with Gasteiger partial charge in [-0.3, -0.25) is 4.79 Å². The van der Waals surface area contributed by atoms with Crippen LogP contribution in [-0.2, 0) is 9.53 Å². The average Bonchev–Trinajstić information content (AvgIpc) is 3.21. The minimum Gasteiger partial charge on any atom is -0.497 e. The molecule has 0 spiro atoms. The number of Topliss-reactive ketones (excluding diaryl/α,β-unsaturated/α-hetero) is 1. The lowest BCUT2D eigenvalue weighted by molar-refractivity contribution is -0.129. The summed E-state index contributed by atoms with van der Waals surface area (Å²) in [7, 11) is 1.66. The molecule has 1 saturated heterocycles. The number of allylic oxidation sites excluding steroid dienone is 3. The van der Waals surface area contributed by atoms with Crippen LogP contribution in [-0.4, -0.2) is 30.2 Å². The summed E-state index contributed by atoms with van der Waals surface area (Å²) in [6, 6.07) is 8.02. The molecule has 0 amide bonds. The second-order valence-corrected chi connectivity index (χ2v) is 10.3. The predicted molar refractivity (Wildman–Crippen MR) is 124 cm³/mol. The summed E-state index contributed by atoms with van der Waals surface area (Å²) in [5.74, 6) is 1.56. The molecule has 4 heteroatoms. The number of benzene rings is 1. The van der Waals surface area contributed by atoms with Gasteiger partial charge in [-0.05, 0) is 79.2 Å². The molecule has 4 nitrogen and oxygen atoms in total. The van der Waals surface area contributed by atoms with E-state index in [-0.39, 0.29) is 23.2 Å². The summed E-state index contributed by atoms with van der Waals surface area (Å²) in [4.78, 5) is 13.6. The van der Waals surface area contributed by atoms with E-state index in [9.17, 15) is 9.90 Å². The predicted octanol–water partition coefficient (Wildman–Crippen LogP) is 5.49. The van der Waals surface area contributed by atoms with Crippen molar-refractivity contribution >= 4 is 5.78 Å². The normalized spacial score (nSPS) is 36.5. The van der Waals surface area contributed by atoms with Gasteiger partial charge in [-0.2, -0.15) is 0 Å². The molecule has 0 bridgehead atoms. The minimum absolute atomic E-state index is 0.0503. The summed E-state index contributed by atoms with van der Waals surface area (Å²) in [5.41, 5.74) is 2.70. The van der Waals surface area contributed by atoms with Crippen molar-refractivity contribution in [3.63, 3.8) is 0 Å². The first-order valence-corrected chi connectivity index (χ1v) is 12.0. The molecule has 32 heavy (non-hydrogen) atoms. The lowest BCUT2D eigenvalue weighted by Gasteiger charge is -2.52. The summed E-state index contributed by atoms with van der Waals surface area (Å²) in [6.45, 7) is 6.66. The van der Waals surface area contributed by atoms with Crippen LogP contribution in [0.4, 0.5) is 0 Å². The largest absolute Gasteiger partial charge is 0.497 e. The van der Waals surface area contributed by atoms with Crippen molar-refractivity contribution in [1.82, 2.24) is 0 Å². The van der Waals surface area contributed by atoms with Crippen LogP contribution >= 0.6 is 0 Å². The number of rotatable bonds is 4. The molecule has 170 valence electrons. The second-order valence-electron chi connectivity index (χ2n) is 10.3. The highest BCUT2D eigenvalue weighted by Gasteiger charge is 2.56. The van der Waals surface area contributed by atoms with E-state index in [1.54, 1.807) is 13.2 Å². The van der Waals surface area contributed by atoms with Crippen LogP contribution in [0.15, 0.2) is 59.7 Å². The Morgan fingerprint density at radius 3 is 2.78 bits per heavy atom. The standard InChI is InChI=1S/C28H34O4/c1-4-13-28(30)14-12-18-6-5-7-22(18)25-23(29)15-20-16-24(32-17-27(20,2)26(25)28)19-8-10-21(31-3)11-9-19/h4,7-11,18,20,24,30H,1,5-6,12-17H2,2-3H3/t18?,20?,24-,27?,28?/m1/s1. The molecule has 1 fully saturated rings. The highest BCUT2D eigenvalue weighted by molar-refractivity contribution is 6.02. The van der Waals surface area contributed by atoms with E-state index in [0.29, 0.717) is 31.8 Å². The van der Waals surface area contributed by atoms with Crippen LogP contribution in [0, 0.1) is 17.3 Å². The number of aliphatic hydroxyl groups is 1. The van der Waals surface area contributed by atoms with E-state index in [2.05, 4.69) is 31.7 Å². The number of ether oxygens (including phenoxy) is 2. The molecular formula is C28H34O4. The molecule has 0 aromatic heterocycles. The van der Waals surface area contributed by atoms with E-state index in [1.165, 1.54) is 5.57 Å². The lowest BCUT2D eigenvalue weighted by atomic mass is 9.56. The Balaban J connectivity index is 1.55. The van der Waals surface area contributed by atoms with E-state index in [1.807, 2.05) is 12.1 Å². The maximum Gasteiger partial charge on any atom is 0.163 e. The van der Waals surface area contributed by atoms with E-state index in [4.69, 9.17) is 9.47 Å². The minimum atomic E-state index is -1.03. The van der Waals surface area contributed by atoms with E-state index >= 15 is 0 Å². The van der Waals surface area contributed by atoms with Crippen molar-refractivity contribution in [2.45, 2.75) is 63.6 Å². The molecule has 5 rings (SSSR count). The fourth-order valence-corrected chi connectivity index (χ4v) is 6.78. The van der Waals surface area contributed by atoms with Crippen molar-refractivity contribution in [3.8, 4) is 5.75 Å². The van der Waals surface area contributed by atoms with Gasteiger partial charge >= 0.3 is 0 Å². The Morgan fingerprint density at radius 2 is 2.06 bits per heavy atom. The third-order valence-corrected chi connectivity index (χ3v) is 8.46. The van der Waals surface area contributed by atoms with Crippen LogP contribution in [0.3, 0.4) is 0 Å². The van der Waals surface area contributed by atoms with Crippen molar-refractivity contribution in [1.29, 1.82) is 0 Å². The fourth-order valence-electron chi connectivity index (χ4n) is 6.78. The van der Waals surface area contributed by atoms with Crippen LogP contribution < -0.4 is 4.74 Å². The molecule has 0 radical (unpaired) electrons. The fraction of sp³-hybridized carbons (Fsp3) is 0.536. The van der Waals surface area contributed by atoms with Crippen molar-refractivity contribution in [2.75, 3.05) is 13.7 Å². The average molecular weight is 435 g/mol. The zero-order valence-corrected chi connectivity index (χ0v) is 19.2. The summed E-state index contributed by atoms with van der Waals surface area (Å²) >= 11 is 0. The SMILES string of the molecule is C=CCC1(O)CCC2CCC=C2C2=C1C1(C)CO[C@@H](c3ccc(OC)cc3)CC1CC2=O. The van der Waals surface area contributed by atoms with Crippen LogP contribution in [0.2, 0.25) is 0 Å². The van der Waals surface area contributed by atoms with Gasteiger partial charge < -0.3 is 14.6 Å². The molecule has 0 saturated carbocycles. The third-order valence-electron chi connectivity index (χ3n) is 8.46. The molecule has 1 aliphatic heterocycles. The van der Waals surface area contributed by atoms with Gasteiger partial charge in [0.05, 0.1) is 25.4 Å². The highest BCUT2D eigenvalue weighted by Crippen LogP contribution is 2.59. The lowest BCUT2D eigenvalue weighted by Crippen LogP contribution is -2.52. The van der Waals surface area contributed by atoms with Gasteiger partial charge in [-0.1, -0.05) is 31.2 Å². The number of methoxy groups -OCH3 is 1. The summed E-state index contributed by atoms with van der Waals surface area (Å²) in [5, 5.41) is 12.0. The molecule has 5 atom stereocenters. The number of carbonyl (C=O) groups excluding carboxylic acids is 1. The van der Waals surface area contributed by atoms with Gasteiger partial charge in [0.25, 0.3) is 0 Å². The Hall–Kier alpha value is -2.17. The Morgan fingerprint density at radius 1 is 1.28 bits per heavy atom. The number of fused-ring (bicyclic) bond motifs is 4. The summed E-state index contributed by atoms with van der Waals surface area (Å²) in [6.07, 6.45) is 9.50. The molecule has 1 aromatic carbocycles. The smallest absolute Gasteiger partial charge is 0.163 e. The quantitative estimate of drug-likeness (QED) is 0.637. The number of ketones is 1. The molecule has 1 heterocycles. The molecule has 1 aromatic rings. The van der Waals surface area contributed by atoms with Crippen LogP contribution in [0.25, 0.3) is 0 Å². The van der Waals surface area contributed by atoms with Crippen LogP contribution in [0.1, 0.15) is 63.5 Å². The first kappa shape index (κ1) is 21.7. The maximum absolute atomic E-state index is 13.6. The number of hydrogen-bond donors (Lipinski definition) is 1. The van der Waals surface area contributed by atoms with Gasteiger partial charge in [0.1, 0.15) is 5.75 Å². The maximum atomic E-state index is 13.6. The second kappa shape index (κ2) is 8.00. The highest BCUT2D eigenvalue weighted by atomic mass is 16.5. The zero-order valence-electron chi connectivity index (χ0n) is 19.2. The number of carbonyl (C=O) groups is 1. The number of hydrogen-bond acceptors (Lipinski definition) is 4. The molecule has 1 N–H and O–H groups in total. The van der Waals surface area contributed by atoms with Gasteiger partial charge in [0.15, 0.2) is 5.78 Å². The third kappa shape index (κ3) is 3.31. The zero-order chi connectivity index (χ0) is 22.5. The Kier molecular flexibility index (Phi) is 5.42. The first-order valence-electron chi connectivity index (χ1n) is 12.0. The monoisotopic (exact) mass is 434 g/mol. The molecule has 3 aliphatic carbocycles. The Bertz CT molecular complexity index is 987. The van der Waals surface area contributed by atoms with Gasteiger partial charge in [0.2, 0.25) is 0 Å². The van der Waals surface area contributed by atoms with E-state index < -0.39 is 5.60 Å². The van der Waals surface area contributed by atoms with E-state index in [0.717, 1.165) is 48.1 Å². The topological polar surface area (TPSA) is 55.8 Å². The molecule has 4 unspecified atom stereocenters. The first-order chi connectivity index (χ1) is 15.4. The van der Waals surface area contributed by atoms with Gasteiger partial charge in [-0.25, -0.2) is 0 Å².